The van der Waals surface area contributed by atoms with E-state index in [1.807, 2.05) is 20.8 Å². The second-order valence-electron chi connectivity index (χ2n) is 6.18. The van der Waals surface area contributed by atoms with Gasteiger partial charge in [-0.15, -0.1) is 0 Å². The Balaban J connectivity index is 2.44. The van der Waals surface area contributed by atoms with Gasteiger partial charge in [-0.25, -0.2) is 0 Å². The number of carbonyl (C=O) groups is 1. The Morgan fingerprint density at radius 1 is 1.12 bits per heavy atom. The maximum absolute atomic E-state index is 12.5. The first kappa shape index (κ1) is 20.5. The fourth-order valence-corrected chi connectivity index (χ4v) is 1.98. The molecule has 0 saturated carbocycles. The first-order chi connectivity index (χ1) is 11.1. The monoisotopic (exact) mass is 346 g/mol. The van der Waals surface area contributed by atoms with E-state index in [0.717, 1.165) is 12.1 Å². The first-order valence-electron chi connectivity index (χ1n) is 8.07. The average Bonchev–Trinajstić information content (AvgIpc) is 2.56. The third-order valence-corrected chi connectivity index (χ3v) is 4.32. The number of hydrogen-bond donors (Lipinski definition) is 0. The number of alkyl halides is 3. The Bertz CT molecular complexity index is 519. The maximum atomic E-state index is 12.5. The number of ether oxygens (including phenoxy) is 2. The molecule has 3 nitrogen and oxygen atoms in total. The molecule has 1 unspecified atom stereocenters. The normalized spacial score (nSPS) is 13.6. The van der Waals surface area contributed by atoms with Gasteiger partial charge in [-0.2, -0.15) is 13.2 Å². The lowest BCUT2D eigenvalue weighted by Crippen LogP contribution is -2.31. The summed E-state index contributed by atoms with van der Waals surface area (Å²) in [6, 6.07) is 4.81. The van der Waals surface area contributed by atoms with Gasteiger partial charge in [-0.1, -0.05) is 26.0 Å². The van der Waals surface area contributed by atoms with E-state index in [1.54, 1.807) is 6.92 Å². The Morgan fingerprint density at radius 3 is 2.12 bits per heavy atom. The summed E-state index contributed by atoms with van der Waals surface area (Å²) >= 11 is 0. The molecule has 0 heterocycles. The van der Waals surface area contributed by atoms with Crippen molar-refractivity contribution < 1.29 is 27.4 Å². The van der Waals surface area contributed by atoms with Crippen LogP contribution in [0.4, 0.5) is 13.2 Å². The van der Waals surface area contributed by atoms with Gasteiger partial charge in [0, 0.05) is 0 Å². The highest BCUT2D eigenvalue weighted by Crippen LogP contribution is 2.29. The van der Waals surface area contributed by atoms with Crippen LogP contribution in [0.2, 0.25) is 0 Å². The second-order valence-corrected chi connectivity index (χ2v) is 6.18. The predicted octanol–water partition coefficient (Wildman–Crippen LogP) is 4.98. The number of esters is 1. The van der Waals surface area contributed by atoms with Crippen LogP contribution in [0.1, 0.15) is 51.7 Å². The van der Waals surface area contributed by atoms with Crippen LogP contribution in [-0.2, 0) is 27.1 Å². The zero-order chi connectivity index (χ0) is 18.4. The Kier molecular flexibility index (Phi) is 7.27. The van der Waals surface area contributed by atoms with Crippen LogP contribution in [0, 0.1) is 5.41 Å². The van der Waals surface area contributed by atoms with Crippen molar-refractivity contribution in [3.8, 4) is 0 Å². The summed E-state index contributed by atoms with van der Waals surface area (Å²) in [5.74, 6) is -0.252. The van der Waals surface area contributed by atoms with E-state index >= 15 is 0 Å². The molecule has 1 aromatic carbocycles. The third kappa shape index (κ3) is 5.82. The second kappa shape index (κ2) is 8.51. The van der Waals surface area contributed by atoms with E-state index in [1.165, 1.54) is 12.1 Å². The quantitative estimate of drug-likeness (QED) is 0.623. The molecule has 0 aromatic heterocycles. The minimum atomic E-state index is -4.34. The van der Waals surface area contributed by atoms with Crippen molar-refractivity contribution in [3.05, 3.63) is 35.4 Å². The third-order valence-electron chi connectivity index (χ3n) is 4.32. The van der Waals surface area contributed by atoms with Crippen molar-refractivity contribution in [1.29, 1.82) is 0 Å². The summed E-state index contributed by atoms with van der Waals surface area (Å²) in [5.41, 5.74) is -0.549. The largest absolute Gasteiger partial charge is 0.463 e. The molecule has 1 atom stereocenters. The highest BCUT2D eigenvalue weighted by Gasteiger charge is 2.31. The Morgan fingerprint density at radius 2 is 1.67 bits per heavy atom. The standard InChI is InChI=1S/C18H25F3O3/c1-5-17(4,6-2)16(22)24-11-13(3)23-12-14-7-9-15(10-8-14)18(19,20)21/h7-10,13H,5-6,11-12H2,1-4H3. The van der Waals surface area contributed by atoms with Crippen molar-refractivity contribution in [2.24, 2.45) is 5.41 Å². The summed E-state index contributed by atoms with van der Waals surface area (Å²) in [6.45, 7) is 7.78. The number of benzene rings is 1. The molecular weight excluding hydrogens is 321 g/mol. The van der Waals surface area contributed by atoms with Gasteiger partial charge in [-0.3, -0.25) is 4.79 Å². The lowest BCUT2D eigenvalue weighted by Gasteiger charge is -2.25. The molecular formula is C18H25F3O3. The summed E-state index contributed by atoms with van der Waals surface area (Å²) in [6.07, 6.45) is -3.28. The van der Waals surface area contributed by atoms with Gasteiger partial charge in [0.15, 0.2) is 0 Å². The highest BCUT2D eigenvalue weighted by molar-refractivity contribution is 5.76. The van der Waals surface area contributed by atoms with Crippen LogP contribution in [-0.4, -0.2) is 18.7 Å². The summed E-state index contributed by atoms with van der Waals surface area (Å²) in [7, 11) is 0. The van der Waals surface area contributed by atoms with Gasteiger partial charge < -0.3 is 9.47 Å². The van der Waals surface area contributed by atoms with Crippen LogP contribution in [0.5, 0.6) is 0 Å². The van der Waals surface area contributed by atoms with E-state index in [2.05, 4.69) is 0 Å². The van der Waals surface area contributed by atoms with E-state index < -0.39 is 17.2 Å². The van der Waals surface area contributed by atoms with Crippen LogP contribution in [0.25, 0.3) is 0 Å². The van der Waals surface area contributed by atoms with Crippen LogP contribution >= 0.6 is 0 Å². The van der Waals surface area contributed by atoms with E-state index in [9.17, 15) is 18.0 Å². The van der Waals surface area contributed by atoms with Gasteiger partial charge in [0.2, 0.25) is 0 Å². The minimum absolute atomic E-state index is 0.120. The van der Waals surface area contributed by atoms with E-state index in [-0.39, 0.29) is 25.3 Å². The molecule has 136 valence electrons. The molecule has 0 saturated heterocycles. The molecule has 0 spiro atoms. The molecule has 0 aliphatic rings. The molecule has 1 rings (SSSR count). The zero-order valence-corrected chi connectivity index (χ0v) is 14.6. The van der Waals surface area contributed by atoms with E-state index in [4.69, 9.17) is 9.47 Å². The molecule has 0 radical (unpaired) electrons. The van der Waals surface area contributed by atoms with Gasteiger partial charge in [0.1, 0.15) is 6.61 Å². The highest BCUT2D eigenvalue weighted by atomic mass is 19.4. The summed E-state index contributed by atoms with van der Waals surface area (Å²) in [4.78, 5) is 12.1. The van der Waals surface area contributed by atoms with Crippen molar-refractivity contribution in [1.82, 2.24) is 0 Å². The molecule has 0 N–H and O–H groups in total. The zero-order valence-electron chi connectivity index (χ0n) is 14.6. The minimum Gasteiger partial charge on any atom is -0.463 e. The van der Waals surface area contributed by atoms with Crippen molar-refractivity contribution in [2.45, 2.75) is 59.4 Å². The lowest BCUT2D eigenvalue weighted by atomic mass is 9.85. The first-order valence-corrected chi connectivity index (χ1v) is 8.07. The van der Waals surface area contributed by atoms with Crippen LogP contribution in [0.15, 0.2) is 24.3 Å². The molecule has 0 fully saturated rings. The number of rotatable bonds is 8. The molecule has 0 aliphatic heterocycles. The van der Waals surface area contributed by atoms with E-state index in [0.29, 0.717) is 18.4 Å². The fraction of sp³-hybridized carbons (Fsp3) is 0.611. The average molecular weight is 346 g/mol. The molecule has 1 aromatic rings. The summed E-state index contributed by atoms with van der Waals surface area (Å²) in [5, 5.41) is 0. The SMILES string of the molecule is CCC(C)(CC)C(=O)OCC(C)OCc1ccc(C(F)(F)F)cc1. The molecule has 0 bridgehead atoms. The Labute approximate surface area is 141 Å². The van der Waals surface area contributed by atoms with Crippen molar-refractivity contribution >= 4 is 5.97 Å². The Hall–Kier alpha value is -1.56. The van der Waals surface area contributed by atoms with Gasteiger partial charge in [0.25, 0.3) is 0 Å². The molecule has 0 aliphatic carbocycles. The number of hydrogen-bond acceptors (Lipinski definition) is 3. The molecule has 0 amide bonds. The van der Waals surface area contributed by atoms with Gasteiger partial charge >= 0.3 is 12.1 Å². The summed E-state index contributed by atoms with van der Waals surface area (Å²) < 4.78 is 48.3. The smallest absolute Gasteiger partial charge is 0.416 e. The topological polar surface area (TPSA) is 35.5 Å². The molecule has 6 heteroatoms. The van der Waals surface area contributed by atoms with Crippen LogP contribution in [0.3, 0.4) is 0 Å². The molecule has 24 heavy (non-hydrogen) atoms. The van der Waals surface area contributed by atoms with Gasteiger partial charge in [0.05, 0.1) is 23.7 Å². The maximum Gasteiger partial charge on any atom is 0.416 e. The van der Waals surface area contributed by atoms with Crippen molar-refractivity contribution in [3.63, 3.8) is 0 Å². The predicted molar refractivity (Wildman–Crippen MR) is 85.3 cm³/mol. The van der Waals surface area contributed by atoms with Crippen LogP contribution < -0.4 is 0 Å². The number of halogens is 3. The lowest BCUT2D eigenvalue weighted by molar-refractivity contribution is -0.159. The van der Waals surface area contributed by atoms with Gasteiger partial charge in [-0.05, 0) is 44.4 Å². The fourth-order valence-electron chi connectivity index (χ4n) is 1.98. The van der Waals surface area contributed by atoms with Crippen molar-refractivity contribution in [2.75, 3.05) is 6.61 Å². The number of carbonyl (C=O) groups excluding carboxylic acids is 1.